The molecule has 0 radical (unpaired) electrons. The molecule has 0 fully saturated rings. The molecule has 1 atom stereocenters. The Labute approximate surface area is 150 Å². The minimum atomic E-state index is 0.630. The van der Waals surface area contributed by atoms with E-state index in [0.717, 1.165) is 24.9 Å². The number of para-hydroxylation sites is 1. The van der Waals surface area contributed by atoms with Gasteiger partial charge in [0.1, 0.15) is 0 Å². The quantitative estimate of drug-likeness (QED) is 0.587. The number of rotatable bonds is 2. The Hall–Kier alpha value is -2.41. The van der Waals surface area contributed by atoms with Gasteiger partial charge in [0, 0.05) is 24.1 Å². The molecular formula is C24H25N. The van der Waals surface area contributed by atoms with Gasteiger partial charge in [-0.25, -0.2) is 0 Å². The van der Waals surface area contributed by atoms with Gasteiger partial charge < -0.3 is 0 Å². The minimum absolute atomic E-state index is 0.630. The Morgan fingerprint density at radius 2 is 1.80 bits per heavy atom. The second-order valence-electron chi connectivity index (χ2n) is 7.29. The normalized spacial score (nSPS) is 21.5. The van der Waals surface area contributed by atoms with Gasteiger partial charge in [0.25, 0.3) is 0 Å². The third kappa shape index (κ3) is 2.89. The fourth-order valence-electron chi connectivity index (χ4n) is 4.20. The summed E-state index contributed by atoms with van der Waals surface area (Å²) < 4.78 is 0. The molecule has 1 unspecified atom stereocenters. The van der Waals surface area contributed by atoms with Gasteiger partial charge >= 0.3 is 0 Å². The molecule has 0 saturated heterocycles. The van der Waals surface area contributed by atoms with Crippen LogP contribution in [0.1, 0.15) is 50.3 Å². The molecule has 0 saturated carbocycles. The SMILES string of the molecule is CC=C(C)c1ccccc1N=C1CC2=C(C1)C(C)Cc1ccccc12. The molecule has 0 amide bonds. The van der Waals surface area contributed by atoms with Crippen LogP contribution in [-0.2, 0) is 6.42 Å². The number of benzene rings is 2. The summed E-state index contributed by atoms with van der Waals surface area (Å²) in [5.74, 6) is 0.630. The molecule has 2 aromatic carbocycles. The zero-order valence-electron chi connectivity index (χ0n) is 15.3. The highest BCUT2D eigenvalue weighted by Crippen LogP contribution is 2.43. The maximum Gasteiger partial charge on any atom is 0.0704 e. The van der Waals surface area contributed by atoms with Crippen LogP contribution in [0.2, 0.25) is 0 Å². The van der Waals surface area contributed by atoms with E-state index in [9.17, 15) is 0 Å². The Kier molecular flexibility index (Phi) is 4.17. The second kappa shape index (κ2) is 6.48. The van der Waals surface area contributed by atoms with Crippen molar-refractivity contribution in [3.63, 3.8) is 0 Å². The van der Waals surface area contributed by atoms with Crippen molar-refractivity contribution in [1.29, 1.82) is 0 Å². The van der Waals surface area contributed by atoms with E-state index in [4.69, 9.17) is 4.99 Å². The Morgan fingerprint density at radius 3 is 2.64 bits per heavy atom. The molecule has 2 aromatic rings. The molecule has 1 heteroatoms. The lowest BCUT2D eigenvalue weighted by atomic mass is 9.81. The van der Waals surface area contributed by atoms with Crippen molar-refractivity contribution in [2.45, 2.75) is 40.0 Å². The maximum absolute atomic E-state index is 5.09. The molecule has 0 N–H and O–H groups in total. The number of hydrogen-bond acceptors (Lipinski definition) is 1. The number of hydrogen-bond donors (Lipinski definition) is 0. The highest BCUT2D eigenvalue weighted by molar-refractivity contribution is 6.04. The number of aliphatic imine (C=N–C) groups is 1. The van der Waals surface area contributed by atoms with Crippen molar-refractivity contribution < 1.29 is 0 Å². The van der Waals surface area contributed by atoms with E-state index in [1.165, 1.54) is 33.5 Å². The van der Waals surface area contributed by atoms with Crippen LogP contribution in [0.4, 0.5) is 5.69 Å². The maximum atomic E-state index is 5.09. The van der Waals surface area contributed by atoms with Crippen LogP contribution in [0.15, 0.2) is 65.2 Å². The number of fused-ring (bicyclic) bond motifs is 2. The standard InChI is InChI=1S/C24H25N/c1-4-16(2)20-10-7-8-12-24(20)25-19-14-22-17(3)13-18-9-5-6-11-21(18)23(22)15-19/h4-12,17H,13-15H2,1-3H3. The monoisotopic (exact) mass is 327 g/mol. The Balaban J connectivity index is 1.71. The summed E-state index contributed by atoms with van der Waals surface area (Å²) in [5, 5.41) is 0. The molecule has 4 rings (SSSR count). The molecule has 0 aromatic heterocycles. The van der Waals surface area contributed by atoms with Crippen LogP contribution in [0, 0.1) is 5.92 Å². The summed E-state index contributed by atoms with van der Waals surface area (Å²) in [6.07, 6.45) is 5.36. The van der Waals surface area contributed by atoms with Crippen LogP contribution in [-0.4, -0.2) is 5.71 Å². The topological polar surface area (TPSA) is 12.4 Å². The summed E-state index contributed by atoms with van der Waals surface area (Å²) in [6.45, 7) is 6.62. The van der Waals surface area contributed by atoms with Crippen LogP contribution in [0.3, 0.4) is 0 Å². The third-order valence-electron chi connectivity index (χ3n) is 5.67. The van der Waals surface area contributed by atoms with Crippen molar-refractivity contribution in [3.05, 3.63) is 76.9 Å². The summed E-state index contributed by atoms with van der Waals surface area (Å²) in [6, 6.07) is 17.4. The highest BCUT2D eigenvalue weighted by Gasteiger charge is 2.30. The van der Waals surface area contributed by atoms with Gasteiger partial charge in [0.05, 0.1) is 5.69 Å². The first kappa shape index (κ1) is 16.1. The van der Waals surface area contributed by atoms with Gasteiger partial charge in [-0.1, -0.05) is 61.0 Å². The van der Waals surface area contributed by atoms with E-state index in [1.807, 2.05) is 0 Å². The van der Waals surface area contributed by atoms with Gasteiger partial charge in [-0.2, -0.15) is 0 Å². The van der Waals surface area contributed by atoms with E-state index >= 15 is 0 Å². The predicted octanol–water partition coefficient (Wildman–Crippen LogP) is 6.62. The third-order valence-corrected chi connectivity index (χ3v) is 5.67. The summed E-state index contributed by atoms with van der Waals surface area (Å²) >= 11 is 0. The Morgan fingerprint density at radius 1 is 1.04 bits per heavy atom. The fourth-order valence-corrected chi connectivity index (χ4v) is 4.20. The fraction of sp³-hybridized carbons (Fsp3) is 0.292. The van der Waals surface area contributed by atoms with Gasteiger partial charge in [-0.3, -0.25) is 4.99 Å². The molecule has 0 spiro atoms. The first-order chi connectivity index (χ1) is 12.2. The van der Waals surface area contributed by atoms with E-state index in [1.54, 1.807) is 5.57 Å². The average molecular weight is 327 g/mol. The smallest absolute Gasteiger partial charge is 0.0704 e. The van der Waals surface area contributed by atoms with Crippen molar-refractivity contribution in [2.24, 2.45) is 10.9 Å². The predicted molar refractivity (Wildman–Crippen MR) is 108 cm³/mol. The largest absolute Gasteiger partial charge is 0.257 e. The van der Waals surface area contributed by atoms with Crippen molar-refractivity contribution in [1.82, 2.24) is 0 Å². The number of allylic oxidation sites excluding steroid dienone is 4. The van der Waals surface area contributed by atoms with Crippen molar-refractivity contribution >= 4 is 22.5 Å². The molecule has 25 heavy (non-hydrogen) atoms. The lowest BCUT2D eigenvalue weighted by molar-refractivity contribution is 0.662. The van der Waals surface area contributed by atoms with E-state index in [0.29, 0.717) is 5.92 Å². The first-order valence-electron chi connectivity index (χ1n) is 9.26. The molecule has 2 aliphatic carbocycles. The summed E-state index contributed by atoms with van der Waals surface area (Å²) in [7, 11) is 0. The number of nitrogens with zero attached hydrogens (tertiary/aromatic N) is 1. The Bertz CT molecular complexity index is 911. The van der Waals surface area contributed by atoms with Crippen LogP contribution in [0.5, 0.6) is 0 Å². The lowest BCUT2D eigenvalue weighted by Crippen LogP contribution is -2.10. The summed E-state index contributed by atoms with van der Waals surface area (Å²) in [5.41, 5.74) is 11.0. The van der Waals surface area contributed by atoms with E-state index in [2.05, 4.69) is 75.4 Å². The zero-order chi connectivity index (χ0) is 17.4. The van der Waals surface area contributed by atoms with E-state index < -0.39 is 0 Å². The minimum Gasteiger partial charge on any atom is -0.257 e. The molecule has 2 aliphatic rings. The van der Waals surface area contributed by atoms with Crippen molar-refractivity contribution in [2.75, 3.05) is 0 Å². The van der Waals surface area contributed by atoms with Gasteiger partial charge in [-0.05, 0) is 54.5 Å². The van der Waals surface area contributed by atoms with Crippen LogP contribution >= 0.6 is 0 Å². The van der Waals surface area contributed by atoms with Crippen LogP contribution < -0.4 is 0 Å². The summed E-state index contributed by atoms with van der Waals surface area (Å²) in [4.78, 5) is 5.09. The highest BCUT2D eigenvalue weighted by atomic mass is 14.8. The molecule has 0 bridgehead atoms. The first-order valence-corrected chi connectivity index (χ1v) is 9.26. The zero-order valence-corrected chi connectivity index (χ0v) is 15.3. The second-order valence-corrected chi connectivity index (χ2v) is 7.29. The molecule has 126 valence electrons. The molecule has 0 heterocycles. The van der Waals surface area contributed by atoms with Gasteiger partial charge in [-0.15, -0.1) is 0 Å². The van der Waals surface area contributed by atoms with E-state index in [-0.39, 0.29) is 0 Å². The van der Waals surface area contributed by atoms with Gasteiger partial charge in [0.2, 0.25) is 0 Å². The molecule has 1 nitrogen and oxygen atoms in total. The van der Waals surface area contributed by atoms with Gasteiger partial charge in [0.15, 0.2) is 0 Å². The van der Waals surface area contributed by atoms with Crippen molar-refractivity contribution in [3.8, 4) is 0 Å². The molecule has 0 aliphatic heterocycles. The average Bonchev–Trinajstić information content (AvgIpc) is 3.06. The lowest BCUT2D eigenvalue weighted by Gasteiger charge is -2.24. The van der Waals surface area contributed by atoms with Crippen LogP contribution in [0.25, 0.3) is 11.1 Å². The molecular weight excluding hydrogens is 302 g/mol.